The largest absolute Gasteiger partial charge is 0.480 e. The number of benzene rings is 1. The molecule has 0 radical (unpaired) electrons. The Hall–Kier alpha value is -2.01. The number of aromatic nitrogens is 1. The Kier molecular flexibility index (Phi) is 3.76. The van der Waals surface area contributed by atoms with Crippen molar-refractivity contribution < 1.29 is 19.4 Å². The summed E-state index contributed by atoms with van der Waals surface area (Å²) < 4.78 is 6.28. The van der Waals surface area contributed by atoms with E-state index in [1.807, 2.05) is 0 Å². The number of hydrogen-bond acceptors (Lipinski definition) is 3. The van der Waals surface area contributed by atoms with Gasteiger partial charge >= 0.3 is 11.9 Å². The van der Waals surface area contributed by atoms with Gasteiger partial charge < -0.3 is 14.4 Å². The minimum absolute atomic E-state index is 0.187. The summed E-state index contributed by atoms with van der Waals surface area (Å²) in [5, 5.41) is 10.1. The van der Waals surface area contributed by atoms with E-state index in [1.54, 1.807) is 31.2 Å². The standard InChI is InChI=1S/C13H12ClNO4/c1-2-19-13(18)10-6-8-4-3-5-9(14)12(8)15(10)7-11(16)17/h3-6H,2,7H2,1H3,(H,16,17). The first-order valence-electron chi connectivity index (χ1n) is 5.71. The van der Waals surface area contributed by atoms with Crippen LogP contribution in [0.25, 0.3) is 10.9 Å². The van der Waals surface area contributed by atoms with Crippen LogP contribution in [0.4, 0.5) is 0 Å². The highest BCUT2D eigenvalue weighted by Gasteiger charge is 2.19. The number of esters is 1. The molecule has 1 N–H and O–H groups in total. The summed E-state index contributed by atoms with van der Waals surface area (Å²) >= 11 is 6.07. The van der Waals surface area contributed by atoms with Crippen LogP contribution in [0.3, 0.4) is 0 Å². The molecule has 0 atom stereocenters. The van der Waals surface area contributed by atoms with Gasteiger partial charge in [-0.05, 0) is 19.1 Å². The van der Waals surface area contributed by atoms with Crippen molar-refractivity contribution in [2.45, 2.75) is 13.5 Å². The minimum Gasteiger partial charge on any atom is -0.480 e. The molecule has 100 valence electrons. The Labute approximate surface area is 114 Å². The second-order valence-corrected chi connectivity index (χ2v) is 4.31. The number of halogens is 1. The van der Waals surface area contributed by atoms with Crippen molar-refractivity contribution in [1.82, 2.24) is 4.57 Å². The van der Waals surface area contributed by atoms with Gasteiger partial charge in [-0.15, -0.1) is 0 Å². The van der Waals surface area contributed by atoms with E-state index in [1.165, 1.54) is 4.57 Å². The van der Waals surface area contributed by atoms with Gasteiger partial charge in [0, 0.05) is 5.39 Å². The van der Waals surface area contributed by atoms with E-state index < -0.39 is 11.9 Å². The van der Waals surface area contributed by atoms with E-state index in [0.29, 0.717) is 15.9 Å². The van der Waals surface area contributed by atoms with Crippen LogP contribution in [0.2, 0.25) is 5.02 Å². The molecule has 0 aliphatic carbocycles. The SMILES string of the molecule is CCOC(=O)c1cc2cccc(Cl)c2n1CC(=O)O. The van der Waals surface area contributed by atoms with Crippen LogP contribution in [0.5, 0.6) is 0 Å². The van der Waals surface area contributed by atoms with Gasteiger partial charge in [0.15, 0.2) is 0 Å². The predicted molar refractivity (Wildman–Crippen MR) is 70.5 cm³/mol. The lowest BCUT2D eigenvalue weighted by Gasteiger charge is -2.08. The number of hydrogen-bond donors (Lipinski definition) is 1. The van der Waals surface area contributed by atoms with Gasteiger partial charge in [-0.3, -0.25) is 4.79 Å². The molecular formula is C13H12ClNO4. The Morgan fingerprint density at radius 3 is 2.79 bits per heavy atom. The lowest BCUT2D eigenvalue weighted by atomic mass is 10.2. The number of carbonyl (C=O) groups excluding carboxylic acids is 1. The van der Waals surface area contributed by atoms with Gasteiger partial charge in [0.1, 0.15) is 12.2 Å². The fourth-order valence-corrected chi connectivity index (χ4v) is 2.24. The van der Waals surface area contributed by atoms with Crippen molar-refractivity contribution in [3.8, 4) is 0 Å². The average molecular weight is 282 g/mol. The highest BCUT2D eigenvalue weighted by molar-refractivity contribution is 6.35. The molecule has 1 heterocycles. The van der Waals surface area contributed by atoms with Crippen molar-refractivity contribution in [2.24, 2.45) is 0 Å². The Bertz CT molecular complexity index is 647. The summed E-state index contributed by atoms with van der Waals surface area (Å²) in [7, 11) is 0. The van der Waals surface area contributed by atoms with Crippen LogP contribution in [-0.2, 0) is 16.1 Å². The number of nitrogens with zero attached hydrogens (tertiary/aromatic N) is 1. The van der Waals surface area contributed by atoms with Gasteiger partial charge in [0.05, 0.1) is 17.1 Å². The molecular weight excluding hydrogens is 270 g/mol. The molecule has 0 saturated carbocycles. The summed E-state index contributed by atoms with van der Waals surface area (Å²) in [5.74, 6) is -1.61. The third-order valence-electron chi connectivity index (χ3n) is 2.65. The Morgan fingerprint density at radius 1 is 1.42 bits per heavy atom. The predicted octanol–water partition coefficient (Wildman–Crippen LogP) is 2.56. The highest BCUT2D eigenvalue weighted by atomic mass is 35.5. The monoisotopic (exact) mass is 281 g/mol. The second kappa shape index (κ2) is 5.32. The maximum absolute atomic E-state index is 11.8. The van der Waals surface area contributed by atoms with Crippen LogP contribution in [0, 0.1) is 0 Å². The number of ether oxygens (including phenoxy) is 1. The lowest BCUT2D eigenvalue weighted by Crippen LogP contribution is -2.16. The first-order chi connectivity index (χ1) is 9.04. The van der Waals surface area contributed by atoms with E-state index >= 15 is 0 Å². The van der Waals surface area contributed by atoms with Gasteiger partial charge in [0.2, 0.25) is 0 Å². The third-order valence-corrected chi connectivity index (χ3v) is 2.95. The van der Waals surface area contributed by atoms with Gasteiger partial charge in [-0.25, -0.2) is 4.79 Å². The normalized spacial score (nSPS) is 10.6. The topological polar surface area (TPSA) is 68.5 Å². The zero-order valence-corrected chi connectivity index (χ0v) is 11.0. The molecule has 0 spiro atoms. The molecule has 5 nitrogen and oxygen atoms in total. The molecule has 0 fully saturated rings. The first-order valence-corrected chi connectivity index (χ1v) is 6.09. The summed E-state index contributed by atoms with van der Waals surface area (Å²) in [6, 6.07) is 6.74. The molecule has 6 heteroatoms. The van der Waals surface area contributed by atoms with E-state index in [-0.39, 0.29) is 18.8 Å². The molecule has 1 aromatic carbocycles. The van der Waals surface area contributed by atoms with E-state index in [0.717, 1.165) is 0 Å². The number of para-hydroxylation sites is 1. The molecule has 1 aromatic heterocycles. The van der Waals surface area contributed by atoms with Gasteiger partial charge in [0.25, 0.3) is 0 Å². The molecule has 0 aliphatic rings. The van der Waals surface area contributed by atoms with Crippen molar-refractivity contribution in [2.75, 3.05) is 6.61 Å². The van der Waals surface area contributed by atoms with Gasteiger partial charge in [-0.2, -0.15) is 0 Å². The minimum atomic E-state index is -1.05. The summed E-state index contributed by atoms with van der Waals surface area (Å²) in [6.45, 7) is 1.57. The third kappa shape index (κ3) is 2.56. The van der Waals surface area contributed by atoms with Crippen LogP contribution < -0.4 is 0 Å². The number of carboxylic acids is 1. The number of carbonyl (C=O) groups is 2. The Morgan fingerprint density at radius 2 is 2.16 bits per heavy atom. The summed E-state index contributed by atoms with van der Waals surface area (Å²) in [5.41, 5.74) is 0.710. The highest BCUT2D eigenvalue weighted by Crippen LogP contribution is 2.27. The fourth-order valence-electron chi connectivity index (χ4n) is 1.95. The van der Waals surface area contributed by atoms with E-state index in [2.05, 4.69) is 0 Å². The summed E-state index contributed by atoms with van der Waals surface area (Å²) in [6.07, 6.45) is 0. The molecule has 0 amide bonds. The van der Waals surface area contributed by atoms with E-state index in [4.69, 9.17) is 21.4 Å². The van der Waals surface area contributed by atoms with Crippen molar-refractivity contribution in [1.29, 1.82) is 0 Å². The molecule has 0 aliphatic heterocycles. The quantitative estimate of drug-likeness (QED) is 0.875. The van der Waals surface area contributed by atoms with Crippen molar-refractivity contribution in [3.05, 3.63) is 35.0 Å². The number of carboxylic acid groups (broad SMARTS) is 1. The zero-order valence-electron chi connectivity index (χ0n) is 10.2. The maximum atomic E-state index is 11.8. The molecule has 0 bridgehead atoms. The van der Waals surface area contributed by atoms with Gasteiger partial charge in [-0.1, -0.05) is 23.7 Å². The van der Waals surface area contributed by atoms with Crippen LogP contribution >= 0.6 is 11.6 Å². The van der Waals surface area contributed by atoms with Crippen LogP contribution in [-0.4, -0.2) is 28.2 Å². The zero-order chi connectivity index (χ0) is 14.0. The second-order valence-electron chi connectivity index (χ2n) is 3.91. The van der Waals surface area contributed by atoms with Crippen molar-refractivity contribution in [3.63, 3.8) is 0 Å². The molecule has 19 heavy (non-hydrogen) atoms. The van der Waals surface area contributed by atoms with Crippen molar-refractivity contribution >= 4 is 34.4 Å². The molecule has 2 rings (SSSR count). The van der Waals surface area contributed by atoms with Crippen LogP contribution in [0.15, 0.2) is 24.3 Å². The Balaban J connectivity index is 2.65. The number of aliphatic carboxylic acids is 1. The number of fused-ring (bicyclic) bond motifs is 1. The molecule has 0 unspecified atom stereocenters. The molecule has 0 saturated heterocycles. The smallest absolute Gasteiger partial charge is 0.354 e. The summed E-state index contributed by atoms with van der Waals surface area (Å²) in [4.78, 5) is 22.8. The first kappa shape index (κ1) is 13.4. The van der Waals surface area contributed by atoms with E-state index in [9.17, 15) is 9.59 Å². The fraction of sp³-hybridized carbons (Fsp3) is 0.231. The average Bonchev–Trinajstić information content (AvgIpc) is 2.69. The van der Waals surface area contributed by atoms with Crippen LogP contribution in [0.1, 0.15) is 17.4 Å². The molecule has 2 aromatic rings. The maximum Gasteiger partial charge on any atom is 0.354 e. The lowest BCUT2D eigenvalue weighted by molar-refractivity contribution is -0.137. The number of rotatable bonds is 4.